The number of fused-ring (bicyclic) bond motifs is 1. The van der Waals surface area contributed by atoms with Gasteiger partial charge in [0.1, 0.15) is 32.5 Å². The lowest BCUT2D eigenvalue weighted by atomic mass is 10.3. The molecule has 2 aromatic heterocycles. The van der Waals surface area contributed by atoms with E-state index in [2.05, 4.69) is 78.9 Å². The summed E-state index contributed by atoms with van der Waals surface area (Å²) in [4.78, 5) is 17.3. The van der Waals surface area contributed by atoms with E-state index in [4.69, 9.17) is 26.5 Å². The highest BCUT2D eigenvalue weighted by molar-refractivity contribution is 7.52. The van der Waals surface area contributed by atoms with E-state index in [0.29, 0.717) is 17.0 Å². The third-order valence-electron chi connectivity index (χ3n) is 4.98. The SMILES string of the molecule is CC(COP(=O)(O[Si](C)(C)C)O[Si](C)(C)C)(OC(CO[Si](C)(C)C)n1cnc2c(N[Si](C)(C)C)ncnc21)O[Si](C)(C)C. The molecule has 0 aliphatic heterocycles. The summed E-state index contributed by atoms with van der Waals surface area (Å²) in [6.45, 7) is 32.7. The second kappa shape index (κ2) is 13.6. The van der Waals surface area contributed by atoms with E-state index in [0.717, 1.165) is 0 Å². The summed E-state index contributed by atoms with van der Waals surface area (Å²) < 4.78 is 53.8. The van der Waals surface area contributed by atoms with Crippen molar-refractivity contribution in [2.24, 2.45) is 0 Å². The van der Waals surface area contributed by atoms with Gasteiger partial charge in [0.15, 0.2) is 50.9 Å². The average molecular weight is 710 g/mol. The first-order valence-corrected chi connectivity index (χ1v) is 33.3. The first kappa shape index (κ1) is 38.6. The molecule has 1 N–H and O–H groups in total. The van der Waals surface area contributed by atoms with Gasteiger partial charge >= 0.3 is 7.82 Å². The van der Waals surface area contributed by atoms with E-state index in [1.807, 2.05) is 43.8 Å². The van der Waals surface area contributed by atoms with Crippen LogP contribution in [0.4, 0.5) is 5.82 Å². The van der Waals surface area contributed by atoms with Crippen molar-refractivity contribution in [1.29, 1.82) is 0 Å². The Morgan fingerprint density at radius 1 is 0.837 bits per heavy atom. The predicted octanol–water partition coefficient (Wildman–Crippen LogP) is 7.84. The topological polar surface area (TPSA) is 128 Å². The van der Waals surface area contributed by atoms with E-state index in [1.54, 1.807) is 13.3 Å². The van der Waals surface area contributed by atoms with Crippen LogP contribution in [0.3, 0.4) is 0 Å². The molecular formula is C25H56N5O7PSi5. The molecule has 0 aliphatic carbocycles. The van der Waals surface area contributed by atoms with Crippen LogP contribution in [0, 0.1) is 0 Å². The molecule has 2 atom stereocenters. The fourth-order valence-electron chi connectivity index (χ4n) is 3.96. The lowest BCUT2D eigenvalue weighted by molar-refractivity contribution is -0.244. The van der Waals surface area contributed by atoms with Gasteiger partial charge in [-0.3, -0.25) is 9.09 Å². The molecular weight excluding hydrogens is 654 g/mol. The quantitative estimate of drug-likeness (QED) is 0.0980. The molecule has 43 heavy (non-hydrogen) atoms. The Hall–Kier alpha value is -0.576. The maximum atomic E-state index is 14.0. The van der Waals surface area contributed by atoms with Gasteiger partial charge in [-0.05, 0) is 85.5 Å². The van der Waals surface area contributed by atoms with Gasteiger partial charge in [-0.1, -0.05) is 19.6 Å². The van der Waals surface area contributed by atoms with Crippen molar-refractivity contribution in [2.45, 2.75) is 117 Å². The second-order valence-electron chi connectivity index (χ2n) is 15.9. The van der Waals surface area contributed by atoms with E-state index in [-0.39, 0.29) is 13.2 Å². The van der Waals surface area contributed by atoms with Crippen LogP contribution in [-0.2, 0) is 31.1 Å². The molecule has 0 saturated carbocycles. The van der Waals surface area contributed by atoms with Crippen LogP contribution in [0.2, 0.25) is 98.2 Å². The third-order valence-corrected chi connectivity index (χ3v) is 14.7. The molecule has 2 unspecified atom stereocenters. The molecule has 2 heterocycles. The van der Waals surface area contributed by atoms with Gasteiger partial charge in [-0.15, -0.1) is 0 Å². The van der Waals surface area contributed by atoms with Gasteiger partial charge in [0.2, 0.25) is 0 Å². The van der Waals surface area contributed by atoms with Crippen LogP contribution >= 0.6 is 7.82 Å². The number of nitrogens with one attached hydrogen (secondary N) is 1. The number of hydrogen-bond donors (Lipinski definition) is 1. The molecule has 0 fully saturated rings. The van der Waals surface area contributed by atoms with Crippen LogP contribution in [0.15, 0.2) is 12.7 Å². The summed E-state index contributed by atoms with van der Waals surface area (Å²) in [6.07, 6.45) is 2.53. The van der Waals surface area contributed by atoms with Gasteiger partial charge < -0.3 is 27.0 Å². The number of anilines is 1. The molecule has 2 aromatic rings. The highest BCUT2D eigenvalue weighted by Crippen LogP contribution is 2.54. The number of phosphoric acid groups is 1. The normalized spacial score (nSPS) is 16.4. The smallest absolute Gasteiger partial charge is 0.413 e. The number of ether oxygens (including phenoxy) is 1. The minimum atomic E-state index is -3.93. The van der Waals surface area contributed by atoms with Crippen molar-refractivity contribution in [3.05, 3.63) is 12.7 Å². The highest BCUT2D eigenvalue weighted by atomic mass is 31.2. The fourth-order valence-corrected chi connectivity index (χ4v) is 13.6. The molecule has 248 valence electrons. The number of hydrogen-bond acceptors (Lipinski definition) is 11. The summed E-state index contributed by atoms with van der Waals surface area (Å²) in [5, 5.41) is 0. The standard InChI is InChI=1S/C25H56N5O7PSi5/c1-25(35-41(8,9)10,18-32-38(31,36-42(11,12)13)37-43(14,15)16)34-21(17-33-40(5,6)7)30-20-28-22-23(29-39(2,3)4)26-19-27-24(22)30/h19-21H,17-18H2,1-16H3,(H,26,27,29). The zero-order chi connectivity index (χ0) is 33.3. The molecule has 0 saturated heterocycles. The lowest BCUT2D eigenvalue weighted by Gasteiger charge is -2.40. The molecule has 0 aromatic carbocycles. The number of imidazole rings is 1. The van der Waals surface area contributed by atoms with E-state index >= 15 is 0 Å². The van der Waals surface area contributed by atoms with Gasteiger partial charge in [0, 0.05) is 0 Å². The average Bonchev–Trinajstić information content (AvgIpc) is 3.15. The predicted molar refractivity (Wildman–Crippen MR) is 187 cm³/mol. The number of nitrogens with zero attached hydrogens (tertiary/aromatic N) is 4. The van der Waals surface area contributed by atoms with Gasteiger partial charge in [0.25, 0.3) is 0 Å². The summed E-state index contributed by atoms with van der Waals surface area (Å²) >= 11 is 0. The zero-order valence-electron chi connectivity index (χ0n) is 29.2. The maximum Gasteiger partial charge on any atom is 0.455 e. The van der Waals surface area contributed by atoms with Crippen LogP contribution in [0.1, 0.15) is 13.2 Å². The first-order chi connectivity index (χ1) is 19.1. The molecule has 18 heteroatoms. The van der Waals surface area contributed by atoms with Gasteiger partial charge in [0.05, 0.1) is 12.9 Å². The van der Waals surface area contributed by atoms with E-state index in [9.17, 15) is 4.57 Å². The van der Waals surface area contributed by atoms with Crippen molar-refractivity contribution >= 4 is 66.3 Å². The Balaban J connectivity index is 2.57. The Labute approximate surface area is 264 Å². The Morgan fingerprint density at radius 2 is 1.40 bits per heavy atom. The van der Waals surface area contributed by atoms with Crippen LogP contribution in [-0.4, -0.2) is 80.0 Å². The van der Waals surface area contributed by atoms with Gasteiger partial charge in [-0.2, -0.15) is 0 Å². The molecule has 0 bridgehead atoms. The summed E-state index contributed by atoms with van der Waals surface area (Å²) in [5.74, 6) is -0.646. The largest absolute Gasteiger partial charge is 0.455 e. The molecule has 2 rings (SSSR count). The van der Waals surface area contributed by atoms with Crippen molar-refractivity contribution < 1.29 is 31.1 Å². The lowest BCUT2D eigenvalue weighted by Crippen LogP contribution is -2.48. The zero-order valence-corrected chi connectivity index (χ0v) is 35.1. The summed E-state index contributed by atoms with van der Waals surface area (Å²) in [5.41, 5.74) is 1.25. The number of rotatable bonds is 17. The molecule has 0 aliphatic rings. The maximum absolute atomic E-state index is 14.0. The van der Waals surface area contributed by atoms with Crippen LogP contribution < -0.4 is 4.98 Å². The number of aromatic nitrogens is 4. The van der Waals surface area contributed by atoms with Crippen molar-refractivity contribution in [2.75, 3.05) is 18.2 Å². The minimum absolute atomic E-state index is 0.184. The molecule has 0 amide bonds. The molecule has 0 spiro atoms. The fraction of sp³-hybridized carbons (Fsp3) is 0.800. The van der Waals surface area contributed by atoms with Crippen molar-refractivity contribution in [1.82, 2.24) is 19.5 Å². The molecule has 0 radical (unpaired) electrons. The first-order valence-electron chi connectivity index (χ1n) is 14.7. The summed E-state index contributed by atoms with van der Waals surface area (Å²) in [6, 6.07) is 0. The monoisotopic (exact) mass is 709 g/mol. The minimum Gasteiger partial charge on any atom is -0.413 e. The second-order valence-corrected chi connectivity index (χ2v) is 40.6. The Morgan fingerprint density at radius 3 is 1.86 bits per heavy atom. The van der Waals surface area contributed by atoms with Crippen LogP contribution in [0.25, 0.3) is 11.2 Å². The van der Waals surface area contributed by atoms with E-state index in [1.165, 1.54) is 6.33 Å². The Bertz CT molecular complexity index is 1250. The molecule has 12 nitrogen and oxygen atoms in total. The van der Waals surface area contributed by atoms with E-state index < -0.39 is 61.3 Å². The Kier molecular flexibility index (Phi) is 12.3. The van der Waals surface area contributed by atoms with Crippen LogP contribution in [0.5, 0.6) is 0 Å². The van der Waals surface area contributed by atoms with Gasteiger partial charge in [-0.25, -0.2) is 19.5 Å². The van der Waals surface area contributed by atoms with Crippen molar-refractivity contribution in [3.8, 4) is 0 Å². The summed E-state index contributed by atoms with van der Waals surface area (Å²) in [7, 11) is -14.4. The third kappa shape index (κ3) is 14.2. The van der Waals surface area contributed by atoms with Crippen molar-refractivity contribution in [3.63, 3.8) is 0 Å². The highest BCUT2D eigenvalue weighted by Gasteiger charge is 2.43.